The van der Waals surface area contributed by atoms with Gasteiger partial charge in [0.1, 0.15) is 0 Å². The highest BCUT2D eigenvalue weighted by Crippen LogP contribution is 2.43. The predicted molar refractivity (Wildman–Crippen MR) is 67.5 cm³/mol. The summed E-state index contributed by atoms with van der Waals surface area (Å²) in [7, 11) is 1.29. The fourth-order valence-corrected chi connectivity index (χ4v) is 3.05. The fourth-order valence-electron chi connectivity index (χ4n) is 3.05. The van der Waals surface area contributed by atoms with Crippen molar-refractivity contribution >= 4 is 11.9 Å². The average molecular weight is 270 g/mol. The topological polar surface area (TPSA) is 72.8 Å². The smallest absolute Gasteiger partial charge is 0.307 e. The van der Waals surface area contributed by atoms with Crippen LogP contribution in [0, 0.1) is 17.8 Å². The zero-order valence-corrected chi connectivity index (χ0v) is 11.5. The van der Waals surface area contributed by atoms with E-state index >= 15 is 0 Å². The predicted octanol–water partition coefficient (Wildman–Crippen LogP) is 1.84. The molecule has 108 valence electrons. The van der Waals surface area contributed by atoms with Crippen molar-refractivity contribution in [3.8, 4) is 0 Å². The van der Waals surface area contributed by atoms with E-state index in [-0.39, 0.29) is 24.5 Å². The summed E-state index contributed by atoms with van der Waals surface area (Å²) in [4.78, 5) is 22.8. The maximum atomic E-state index is 11.4. The standard InChI is InChI=1S/C14H22O5/c1-8-5-10(6-12(19-8)9-3-4-9)11(14(16)17)7-13(15)18-2/h8-12H,3-7H2,1-2H3,(H,16,17)/t8-,10+,11-,12+/m1/s1. The van der Waals surface area contributed by atoms with Crippen molar-refractivity contribution in [2.24, 2.45) is 17.8 Å². The van der Waals surface area contributed by atoms with Crippen LogP contribution in [0.25, 0.3) is 0 Å². The van der Waals surface area contributed by atoms with Crippen LogP contribution >= 0.6 is 0 Å². The molecule has 1 saturated carbocycles. The van der Waals surface area contributed by atoms with Crippen LogP contribution in [0.1, 0.15) is 39.0 Å². The highest BCUT2D eigenvalue weighted by molar-refractivity contribution is 5.79. The summed E-state index contributed by atoms with van der Waals surface area (Å²) >= 11 is 0. The Balaban J connectivity index is 2.02. The SMILES string of the molecule is COC(=O)C[C@@H](C(=O)O)[C@H]1C[C@@H](C)O[C@H](C2CC2)C1. The molecule has 1 aliphatic carbocycles. The average Bonchev–Trinajstić information content (AvgIpc) is 3.18. The van der Waals surface area contributed by atoms with E-state index in [0.29, 0.717) is 12.3 Å². The lowest BCUT2D eigenvalue weighted by Crippen LogP contribution is -2.38. The molecule has 2 aliphatic rings. The molecule has 19 heavy (non-hydrogen) atoms. The molecule has 0 unspecified atom stereocenters. The number of carboxylic acid groups (broad SMARTS) is 1. The van der Waals surface area contributed by atoms with Gasteiger partial charge in [-0.25, -0.2) is 0 Å². The summed E-state index contributed by atoms with van der Waals surface area (Å²) in [6, 6.07) is 0. The lowest BCUT2D eigenvalue weighted by molar-refractivity contribution is -0.156. The van der Waals surface area contributed by atoms with Gasteiger partial charge in [0.25, 0.3) is 0 Å². The maximum Gasteiger partial charge on any atom is 0.307 e. The second kappa shape index (κ2) is 5.90. The third kappa shape index (κ3) is 3.69. The van der Waals surface area contributed by atoms with Crippen LogP contribution in [0.15, 0.2) is 0 Å². The van der Waals surface area contributed by atoms with E-state index in [1.165, 1.54) is 20.0 Å². The third-order valence-electron chi connectivity index (χ3n) is 4.23. The molecule has 5 heteroatoms. The van der Waals surface area contributed by atoms with E-state index in [0.717, 1.165) is 6.42 Å². The molecule has 0 aromatic heterocycles. The van der Waals surface area contributed by atoms with Gasteiger partial charge in [-0.3, -0.25) is 9.59 Å². The largest absolute Gasteiger partial charge is 0.481 e. The van der Waals surface area contributed by atoms with Crippen molar-refractivity contribution in [2.45, 2.75) is 51.2 Å². The molecule has 0 bridgehead atoms. The van der Waals surface area contributed by atoms with Crippen molar-refractivity contribution < 1.29 is 24.2 Å². The zero-order valence-electron chi connectivity index (χ0n) is 11.5. The number of carbonyl (C=O) groups excluding carboxylic acids is 1. The first-order chi connectivity index (χ1) is 9.01. The van der Waals surface area contributed by atoms with Gasteiger partial charge in [0.2, 0.25) is 0 Å². The number of carboxylic acids is 1. The van der Waals surface area contributed by atoms with E-state index in [9.17, 15) is 14.7 Å². The normalized spacial score (nSPS) is 32.6. The Morgan fingerprint density at radius 1 is 1.37 bits per heavy atom. The van der Waals surface area contributed by atoms with Crippen LogP contribution in [0.5, 0.6) is 0 Å². The van der Waals surface area contributed by atoms with E-state index < -0.39 is 17.9 Å². The lowest BCUT2D eigenvalue weighted by Gasteiger charge is -2.36. The molecule has 1 saturated heterocycles. The summed E-state index contributed by atoms with van der Waals surface area (Å²) in [5.74, 6) is -1.41. The van der Waals surface area contributed by atoms with Gasteiger partial charge in [-0.05, 0) is 44.4 Å². The molecule has 0 radical (unpaired) electrons. The summed E-state index contributed by atoms with van der Waals surface area (Å²) in [6.07, 6.45) is 4.02. The van der Waals surface area contributed by atoms with Gasteiger partial charge in [0.05, 0.1) is 31.7 Å². The quantitative estimate of drug-likeness (QED) is 0.772. The molecule has 0 aromatic carbocycles. The Kier molecular flexibility index (Phi) is 4.45. The molecule has 2 fully saturated rings. The molecule has 0 amide bonds. The molecular weight excluding hydrogens is 248 g/mol. The molecule has 5 nitrogen and oxygen atoms in total. The van der Waals surface area contributed by atoms with E-state index in [4.69, 9.17) is 4.74 Å². The Bertz CT molecular complexity index is 350. The summed E-state index contributed by atoms with van der Waals surface area (Å²) in [6.45, 7) is 1.98. The minimum atomic E-state index is -0.904. The highest BCUT2D eigenvalue weighted by Gasteiger charge is 2.42. The van der Waals surface area contributed by atoms with Crippen molar-refractivity contribution in [2.75, 3.05) is 7.11 Å². The van der Waals surface area contributed by atoms with Gasteiger partial charge < -0.3 is 14.6 Å². The minimum absolute atomic E-state index is 0.00551. The zero-order chi connectivity index (χ0) is 14.0. The number of aliphatic carboxylic acids is 1. The number of ether oxygens (including phenoxy) is 2. The number of esters is 1. The summed E-state index contributed by atoms with van der Waals surface area (Å²) < 4.78 is 10.5. The van der Waals surface area contributed by atoms with Crippen molar-refractivity contribution in [3.05, 3.63) is 0 Å². The van der Waals surface area contributed by atoms with Crippen LogP contribution in [-0.4, -0.2) is 36.4 Å². The number of hydrogen-bond acceptors (Lipinski definition) is 4. The Hall–Kier alpha value is -1.10. The molecular formula is C14H22O5. The monoisotopic (exact) mass is 270 g/mol. The van der Waals surface area contributed by atoms with Gasteiger partial charge in [-0.2, -0.15) is 0 Å². The van der Waals surface area contributed by atoms with Gasteiger partial charge in [0.15, 0.2) is 0 Å². The summed E-state index contributed by atoms with van der Waals surface area (Å²) in [5, 5.41) is 9.35. The number of hydrogen-bond donors (Lipinski definition) is 1. The van der Waals surface area contributed by atoms with Crippen LogP contribution < -0.4 is 0 Å². The Morgan fingerprint density at radius 3 is 2.58 bits per heavy atom. The molecule has 1 aliphatic heterocycles. The molecule has 2 rings (SSSR count). The number of methoxy groups -OCH3 is 1. The second-order valence-electron chi connectivity index (χ2n) is 5.78. The molecule has 0 spiro atoms. The van der Waals surface area contributed by atoms with Crippen LogP contribution in [0.2, 0.25) is 0 Å². The van der Waals surface area contributed by atoms with Crippen molar-refractivity contribution in [3.63, 3.8) is 0 Å². The van der Waals surface area contributed by atoms with Crippen LogP contribution in [0.4, 0.5) is 0 Å². The van der Waals surface area contributed by atoms with Crippen LogP contribution in [-0.2, 0) is 19.1 Å². The van der Waals surface area contributed by atoms with Gasteiger partial charge in [-0.1, -0.05) is 0 Å². The molecule has 1 heterocycles. The first-order valence-electron chi connectivity index (χ1n) is 6.96. The van der Waals surface area contributed by atoms with Crippen molar-refractivity contribution in [1.29, 1.82) is 0 Å². The maximum absolute atomic E-state index is 11.4. The minimum Gasteiger partial charge on any atom is -0.481 e. The first-order valence-corrected chi connectivity index (χ1v) is 6.96. The molecule has 0 aromatic rings. The van der Waals surface area contributed by atoms with Gasteiger partial charge in [0, 0.05) is 0 Å². The number of carbonyl (C=O) groups is 2. The fraction of sp³-hybridized carbons (Fsp3) is 0.857. The van der Waals surface area contributed by atoms with Gasteiger partial charge >= 0.3 is 11.9 Å². The van der Waals surface area contributed by atoms with Crippen molar-refractivity contribution in [1.82, 2.24) is 0 Å². The first kappa shape index (κ1) is 14.3. The third-order valence-corrected chi connectivity index (χ3v) is 4.23. The second-order valence-corrected chi connectivity index (χ2v) is 5.78. The number of rotatable bonds is 5. The van der Waals surface area contributed by atoms with Gasteiger partial charge in [-0.15, -0.1) is 0 Å². The molecule has 1 N–H and O–H groups in total. The molecule has 4 atom stereocenters. The Labute approximate surface area is 113 Å². The summed E-state index contributed by atoms with van der Waals surface area (Å²) in [5.41, 5.74) is 0. The van der Waals surface area contributed by atoms with E-state index in [2.05, 4.69) is 4.74 Å². The Morgan fingerprint density at radius 2 is 2.05 bits per heavy atom. The van der Waals surface area contributed by atoms with Crippen LogP contribution in [0.3, 0.4) is 0 Å². The highest BCUT2D eigenvalue weighted by atomic mass is 16.5. The van der Waals surface area contributed by atoms with E-state index in [1.807, 2.05) is 6.92 Å². The lowest BCUT2D eigenvalue weighted by atomic mass is 9.79. The van der Waals surface area contributed by atoms with E-state index in [1.54, 1.807) is 0 Å².